The van der Waals surface area contributed by atoms with Gasteiger partial charge in [-0.3, -0.25) is 14.5 Å². The van der Waals surface area contributed by atoms with Gasteiger partial charge in [0.15, 0.2) is 0 Å². The number of thiol groups is 1. The molecule has 0 aliphatic carbocycles. The van der Waals surface area contributed by atoms with Crippen LogP contribution in [0.25, 0.3) is 0 Å². The Morgan fingerprint density at radius 2 is 1.69 bits per heavy atom. The van der Waals surface area contributed by atoms with E-state index in [0.717, 1.165) is 18.7 Å². The van der Waals surface area contributed by atoms with Crippen molar-refractivity contribution in [2.75, 3.05) is 49.3 Å². The molecule has 0 spiro atoms. The zero-order chi connectivity index (χ0) is 27.9. The first-order valence-corrected chi connectivity index (χ1v) is 14.1. The third-order valence-electron chi connectivity index (χ3n) is 7.70. The molecular formula is C28H38N8O2S. The van der Waals surface area contributed by atoms with E-state index in [2.05, 4.69) is 44.8 Å². The normalized spacial score (nSPS) is 21.9. The number of likely N-dealkylation sites (tertiary alicyclic amines) is 2. The Hall–Kier alpha value is -3.25. The molecule has 3 atom stereocenters. The van der Waals surface area contributed by atoms with E-state index in [1.807, 2.05) is 47.4 Å². The van der Waals surface area contributed by atoms with Gasteiger partial charge in [-0.05, 0) is 51.0 Å². The third-order valence-corrected chi connectivity index (χ3v) is 7.94. The van der Waals surface area contributed by atoms with Crippen LogP contribution in [0.3, 0.4) is 0 Å². The van der Waals surface area contributed by atoms with Crippen molar-refractivity contribution in [3.63, 3.8) is 0 Å². The quantitative estimate of drug-likeness (QED) is 0.386. The lowest BCUT2D eigenvalue weighted by molar-refractivity contribution is 0.154. The Labute approximate surface area is 235 Å². The van der Waals surface area contributed by atoms with Crippen LogP contribution < -0.4 is 21.2 Å². The lowest BCUT2D eigenvalue weighted by Gasteiger charge is -2.39. The predicted molar refractivity (Wildman–Crippen MR) is 156 cm³/mol. The number of piperidine rings is 1. The van der Waals surface area contributed by atoms with Crippen LogP contribution in [0.5, 0.6) is 0 Å². The van der Waals surface area contributed by atoms with Gasteiger partial charge in [0.2, 0.25) is 0 Å². The molecule has 1 unspecified atom stereocenters. The molecule has 0 saturated carbocycles. The minimum atomic E-state index is -0.111. The highest BCUT2D eigenvalue weighted by Crippen LogP contribution is 2.35. The SMILES string of the molecule is CC(C)Nc1cccn([C@H]2CC(c3ccc(NS)c(=O)n3[C@H]3CCN(CCC#N)C3)CN(CCC#N)C2)c1=O. The van der Waals surface area contributed by atoms with Crippen molar-refractivity contribution >= 4 is 24.2 Å². The second-order valence-corrected chi connectivity index (χ2v) is 11.0. The molecule has 2 fully saturated rings. The molecule has 2 aromatic rings. The summed E-state index contributed by atoms with van der Waals surface area (Å²) < 4.78 is 6.46. The summed E-state index contributed by atoms with van der Waals surface area (Å²) >= 11 is 4.16. The van der Waals surface area contributed by atoms with Crippen LogP contribution in [0.2, 0.25) is 0 Å². The molecule has 2 N–H and O–H groups in total. The minimum absolute atomic E-state index is 0.00844. The van der Waals surface area contributed by atoms with Crippen molar-refractivity contribution in [1.29, 1.82) is 10.5 Å². The van der Waals surface area contributed by atoms with Gasteiger partial charge in [-0.1, -0.05) is 12.8 Å². The molecule has 4 heterocycles. The van der Waals surface area contributed by atoms with Crippen LogP contribution in [-0.2, 0) is 0 Å². The molecule has 0 bridgehead atoms. The number of hydrogen-bond acceptors (Lipinski definition) is 9. The number of aromatic nitrogens is 2. The molecule has 11 heteroatoms. The summed E-state index contributed by atoms with van der Waals surface area (Å²) in [5, 5.41) is 21.5. The fourth-order valence-corrected chi connectivity index (χ4v) is 6.15. The van der Waals surface area contributed by atoms with Gasteiger partial charge >= 0.3 is 0 Å². The molecule has 0 aromatic carbocycles. The fourth-order valence-electron chi connectivity index (χ4n) is 5.98. The molecule has 0 radical (unpaired) electrons. The van der Waals surface area contributed by atoms with Crippen molar-refractivity contribution in [3.05, 3.63) is 56.9 Å². The maximum absolute atomic E-state index is 13.6. The number of nitriles is 2. The molecule has 2 aliphatic heterocycles. The van der Waals surface area contributed by atoms with E-state index in [-0.39, 0.29) is 35.2 Å². The van der Waals surface area contributed by atoms with Crippen LogP contribution in [-0.4, -0.2) is 64.2 Å². The second kappa shape index (κ2) is 13.2. The highest BCUT2D eigenvalue weighted by Gasteiger charge is 2.34. The Bertz CT molecular complexity index is 1340. The standard InChI is InChI=1S/C28H38N8O2S/c1-20(2)31-24-6-3-14-35(27(24)37)23-16-21(17-34(19-23)13-5-11-30)26-8-7-25(32-39)28(38)36(26)22-9-15-33(18-22)12-4-10-29/h3,6-8,14,20-23,31-32,39H,4-5,9,12-13,15-19H2,1-2H3/t21?,22-,23-/m0/s1. The summed E-state index contributed by atoms with van der Waals surface area (Å²) in [6.07, 6.45) is 4.23. The lowest BCUT2D eigenvalue weighted by atomic mass is 9.89. The van der Waals surface area contributed by atoms with Gasteiger partial charge in [-0.2, -0.15) is 10.5 Å². The first-order valence-electron chi connectivity index (χ1n) is 13.7. The van der Waals surface area contributed by atoms with Gasteiger partial charge in [0, 0.05) is 76.0 Å². The van der Waals surface area contributed by atoms with E-state index >= 15 is 0 Å². The summed E-state index contributed by atoms with van der Waals surface area (Å²) in [5.74, 6) is -0.00844. The highest BCUT2D eigenvalue weighted by molar-refractivity contribution is 7.81. The molecule has 2 aromatic heterocycles. The topological polar surface area (TPSA) is 122 Å². The maximum Gasteiger partial charge on any atom is 0.275 e. The zero-order valence-electron chi connectivity index (χ0n) is 22.7. The molecule has 10 nitrogen and oxygen atoms in total. The molecule has 39 heavy (non-hydrogen) atoms. The summed E-state index contributed by atoms with van der Waals surface area (Å²) in [6, 6.07) is 12.0. The summed E-state index contributed by atoms with van der Waals surface area (Å²) in [7, 11) is 0. The fraction of sp³-hybridized carbons (Fsp3) is 0.571. The van der Waals surface area contributed by atoms with Crippen molar-refractivity contribution < 1.29 is 0 Å². The van der Waals surface area contributed by atoms with Crippen molar-refractivity contribution in [1.82, 2.24) is 18.9 Å². The number of nitrogens with one attached hydrogen (secondary N) is 2. The maximum atomic E-state index is 13.6. The summed E-state index contributed by atoms with van der Waals surface area (Å²) in [5.41, 5.74) is 1.77. The monoisotopic (exact) mass is 550 g/mol. The Morgan fingerprint density at radius 3 is 2.38 bits per heavy atom. The van der Waals surface area contributed by atoms with Crippen LogP contribution >= 0.6 is 12.8 Å². The second-order valence-electron chi connectivity index (χ2n) is 10.8. The van der Waals surface area contributed by atoms with Crippen LogP contribution in [0.4, 0.5) is 11.4 Å². The molecule has 2 aliphatic rings. The van der Waals surface area contributed by atoms with Gasteiger partial charge < -0.3 is 24.1 Å². The smallest absolute Gasteiger partial charge is 0.275 e. The van der Waals surface area contributed by atoms with E-state index in [1.54, 1.807) is 6.07 Å². The molecule has 208 valence electrons. The van der Waals surface area contributed by atoms with Gasteiger partial charge in [0.1, 0.15) is 11.4 Å². The van der Waals surface area contributed by atoms with E-state index in [9.17, 15) is 14.9 Å². The van der Waals surface area contributed by atoms with Crippen LogP contribution in [0.15, 0.2) is 40.1 Å². The van der Waals surface area contributed by atoms with Crippen LogP contribution in [0, 0.1) is 22.7 Å². The number of anilines is 2. The van der Waals surface area contributed by atoms with Crippen LogP contribution in [0.1, 0.15) is 63.2 Å². The predicted octanol–water partition coefficient (Wildman–Crippen LogP) is 3.19. The Balaban J connectivity index is 1.71. The highest BCUT2D eigenvalue weighted by atomic mass is 32.1. The van der Waals surface area contributed by atoms with Crippen molar-refractivity contribution in [2.24, 2.45) is 0 Å². The number of hydrogen-bond donors (Lipinski definition) is 3. The largest absolute Gasteiger partial charge is 0.378 e. The molecule has 0 amide bonds. The molecule has 2 saturated heterocycles. The van der Waals surface area contributed by atoms with Gasteiger partial charge in [0.25, 0.3) is 11.1 Å². The number of rotatable bonds is 10. The van der Waals surface area contributed by atoms with Gasteiger partial charge in [-0.25, -0.2) is 0 Å². The van der Waals surface area contributed by atoms with Crippen molar-refractivity contribution in [3.8, 4) is 12.1 Å². The number of pyridine rings is 2. The lowest BCUT2D eigenvalue weighted by Crippen LogP contribution is -2.45. The molecule has 4 rings (SSSR count). The average Bonchev–Trinajstić information content (AvgIpc) is 3.39. The van der Waals surface area contributed by atoms with E-state index < -0.39 is 0 Å². The average molecular weight is 551 g/mol. The van der Waals surface area contributed by atoms with Crippen molar-refractivity contribution in [2.45, 2.75) is 63.6 Å². The number of nitrogens with zero attached hydrogens (tertiary/aromatic N) is 6. The van der Waals surface area contributed by atoms with Gasteiger partial charge in [0.05, 0.1) is 24.2 Å². The Morgan fingerprint density at radius 1 is 0.974 bits per heavy atom. The first-order chi connectivity index (χ1) is 18.9. The Kier molecular flexibility index (Phi) is 9.73. The third kappa shape index (κ3) is 6.67. The van der Waals surface area contributed by atoms with Gasteiger partial charge in [-0.15, -0.1) is 0 Å². The summed E-state index contributed by atoms with van der Waals surface area (Å²) in [6.45, 7) is 8.22. The summed E-state index contributed by atoms with van der Waals surface area (Å²) in [4.78, 5) is 31.5. The zero-order valence-corrected chi connectivity index (χ0v) is 23.6. The van der Waals surface area contributed by atoms with E-state index in [4.69, 9.17) is 5.26 Å². The van der Waals surface area contributed by atoms with E-state index in [1.165, 1.54) is 0 Å². The van der Waals surface area contributed by atoms with E-state index in [0.29, 0.717) is 63.4 Å². The minimum Gasteiger partial charge on any atom is -0.378 e. The first kappa shape index (κ1) is 28.8. The molecular weight excluding hydrogens is 512 g/mol.